The van der Waals surface area contributed by atoms with Crippen LogP contribution in [0.3, 0.4) is 0 Å². The first kappa shape index (κ1) is 22.6. The fourth-order valence-corrected chi connectivity index (χ4v) is 3.40. The number of halogens is 3. The van der Waals surface area contributed by atoms with Crippen LogP contribution < -0.4 is 20.9 Å². The summed E-state index contributed by atoms with van der Waals surface area (Å²) in [4.78, 5) is 16.4. The van der Waals surface area contributed by atoms with Crippen LogP contribution in [0.2, 0.25) is 0 Å². The third-order valence-corrected chi connectivity index (χ3v) is 4.98. The molecule has 1 aliphatic rings. The maximum atomic E-state index is 14.8. The van der Waals surface area contributed by atoms with E-state index < -0.39 is 17.7 Å². The average molecular weight is 452 g/mol. The lowest BCUT2D eigenvalue weighted by Gasteiger charge is -2.31. The zero-order chi connectivity index (χ0) is 21.3. The number of anilines is 4. The number of nitrogen functional groups attached to an aromatic ring is 1. The normalized spacial score (nSPS) is 14.8. The van der Waals surface area contributed by atoms with Gasteiger partial charge in [-0.25, -0.2) is 4.39 Å². The molecule has 1 fully saturated rings. The highest BCUT2D eigenvalue weighted by Gasteiger charge is 2.28. The van der Waals surface area contributed by atoms with Crippen molar-refractivity contribution in [2.75, 3.05) is 41.7 Å². The maximum absolute atomic E-state index is 14.8. The minimum Gasteiger partial charge on any atom is -0.381 e. The Morgan fingerprint density at radius 1 is 1.19 bits per heavy atom. The van der Waals surface area contributed by atoms with Crippen LogP contribution in [-0.2, 0) is 0 Å². The number of aromatic nitrogens is 5. The van der Waals surface area contributed by atoms with Crippen LogP contribution in [-0.4, -0.2) is 51.3 Å². The third kappa shape index (κ3) is 4.67. The number of piperazine rings is 1. The fourth-order valence-electron chi connectivity index (χ4n) is 3.40. The van der Waals surface area contributed by atoms with Gasteiger partial charge >= 0.3 is 0 Å². The Morgan fingerprint density at radius 3 is 2.55 bits per heavy atom. The summed E-state index contributed by atoms with van der Waals surface area (Å²) in [6.45, 7) is 6.36. The first-order valence-corrected chi connectivity index (χ1v) is 9.65. The number of aryl methyl sites for hydroxylation is 1. The van der Waals surface area contributed by atoms with Crippen molar-refractivity contribution < 1.29 is 8.78 Å². The summed E-state index contributed by atoms with van der Waals surface area (Å²) < 4.78 is 28.2. The molecule has 0 radical (unpaired) electrons. The molecular weight excluding hydrogens is 428 g/mol. The number of nitrogens with two attached hydrogens (primary N) is 1. The van der Waals surface area contributed by atoms with Gasteiger partial charge in [-0.1, -0.05) is 0 Å². The Hall–Kier alpha value is -3.05. The lowest BCUT2D eigenvalue weighted by Crippen LogP contribution is -2.44. The molecule has 4 heterocycles. The predicted octanol–water partition coefficient (Wildman–Crippen LogP) is 2.49. The second kappa shape index (κ2) is 9.40. The Kier molecular flexibility index (Phi) is 6.86. The van der Waals surface area contributed by atoms with Crippen LogP contribution in [0.25, 0.3) is 0 Å². The molecule has 12 heteroatoms. The summed E-state index contributed by atoms with van der Waals surface area (Å²) in [5, 5.41) is 10.4. The molecule has 0 spiro atoms. The van der Waals surface area contributed by atoms with Crippen molar-refractivity contribution in [1.82, 2.24) is 30.5 Å². The molecular formula is C19H24ClF2N9. The molecule has 1 saturated heterocycles. The highest BCUT2D eigenvalue weighted by Crippen LogP contribution is 2.34. The van der Waals surface area contributed by atoms with E-state index >= 15 is 0 Å². The van der Waals surface area contributed by atoms with Gasteiger partial charge in [0.05, 0.1) is 17.9 Å². The lowest BCUT2D eigenvalue weighted by atomic mass is 10.2. The molecule has 31 heavy (non-hydrogen) atoms. The van der Waals surface area contributed by atoms with Gasteiger partial charge in [-0.05, 0) is 26.0 Å². The van der Waals surface area contributed by atoms with Crippen LogP contribution in [0, 0.1) is 18.6 Å². The van der Waals surface area contributed by atoms with Crippen molar-refractivity contribution in [3.63, 3.8) is 0 Å². The van der Waals surface area contributed by atoms with E-state index in [0.717, 1.165) is 25.0 Å². The van der Waals surface area contributed by atoms with Gasteiger partial charge in [-0.15, -0.1) is 12.4 Å². The largest absolute Gasteiger partial charge is 0.381 e. The van der Waals surface area contributed by atoms with Crippen LogP contribution in [0.4, 0.5) is 32.2 Å². The average Bonchev–Trinajstić information content (AvgIpc) is 3.17. The second-order valence-electron chi connectivity index (χ2n) is 7.14. The van der Waals surface area contributed by atoms with Crippen LogP contribution in [0.15, 0.2) is 24.4 Å². The molecule has 4 rings (SSSR count). The van der Waals surface area contributed by atoms with Crippen LogP contribution in [0.1, 0.15) is 24.4 Å². The van der Waals surface area contributed by atoms with Gasteiger partial charge in [-0.2, -0.15) is 19.5 Å². The molecule has 0 aromatic carbocycles. The highest BCUT2D eigenvalue weighted by atomic mass is 35.5. The minimum absolute atomic E-state index is 0. The maximum Gasteiger partial charge on any atom is 0.235 e. The molecule has 0 amide bonds. The summed E-state index contributed by atoms with van der Waals surface area (Å²) in [6, 6.07) is 4.30. The molecule has 1 atom stereocenters. The predicted molar refractivity (Wildman–Crippen MR) is 117 cm³/mol. The van der Waals surface area contributed by atoms with E-state index in [1.54, 1.807) is 11.0 Å². The van der Waals surface area contributed by atoms with Crippen molar-refractivity contribution >= 4 is 35.8 Å². The summed E-state index contributed by atoms with van der Waals surface area (Å²) in [7, 11) is 0. The lowest BCUT2D eigenvalue weighted by molar-refractivity contribution is 0.556. The number of rotatable bonds is 5. The van der Waals surface area contributed by atoms with Crippen molar-refractivity contribution in [2.45, 2.75) is 19.9 Å². The van der Waals surface area contributed by atoms with Gasteiger partial charge in [-0.3, -0.25) is 15.0 Å². The second-order valence-corrected chi connectivity index (χ2v) is 7.14. The van der Waals surface area contributed by atoms with Crippen LogP contribution >= 0.6 is 12.4 Å². The summed E-state index contributed by atoms with van der Waals surface area (Å²) in [5.41, 5.74) is 7.32. The van der Waals surface area contributed by atoms with E-state index in [0.29, 0.717) is 24.6 Å². The van der Waals surface area contributed by atoms with Crippen molar-refractivity contribution in [3.8, 4) is 0 Å². The van der Waals surface area contributed by atoms with E-state index in [1.807, 2.05) is 24.8 Å². The standard InChI is InChI=1S/C19H23F2N9.ClH/c1-11-9-15(28-27-11)30(12(2)14-4-3-13(20)10-24-14)19-25-17(22)16(21)18(26-19)29-7-5-23-6-8-29;/h3-4,9-10,12,23H,5-8H2,1-2H3,(H,27,28)(H2,22,25,26);1H/t12-;/m0./s1. The topological polar surface area (TPSA) is 112 Å². The number of pyridine rings is 1. The summed E-state index contributed by atoms with van der Waals surface area (Å²) >= 11 is 0. The summed E-state index contributed by atoms with van der Waals surface area (Å²) in [6.07, 6.45) is 1.14. The quantitative estimate of drug-likeness (QED) is 0.542. The van der Waals surface area contributed by atoms with Gasteiger partial charge in [0.1, 0.15) is 5.82 Å². The van der Waals surface area contributed by atoms with Gasteiger partial charge in [0.15, 0.2) is 17.5 Å². The zero-order valence-corrected chi connectivity index (χ0v) is 18.0. The fraction of sp³-hybridized carbons (Fsp3) is 0.368. The SMILES string of the molecule is Cc1cc(N(c2nc(N)c(F)c(N3CCNCC3)n2)[C@@H](C)c2ccc(F)cn2)n[nH]1.Cl. The van der Waals surface area contributed by atoms with Gasteiger partial charge in [0, 0.05) is 37.9 Å². The Balaban J connectivity index is 0.00000272. The molecule has 0 bridgehead atoms. The summed E-state index contributed by atoms with van der Waals surface area (Å²) in [5.74, 6) is -0.473. The monoisotopic (exact) mass is 451 g/mol. The van der Waals surface area contributed by atoms with Gasteiger partial charge in [0.2, 0.25) is 11.8 Å². The Bertz CT molecular complexity index is 1020. The van der Waals surface area contributed by atoms with E-state index in [-0.39, 0.29) is 30.0 Å². The van der Waals surface area contributed by atoms with E-state index in [4.69, 9.17) is 5.73 Å². The third-order valence-electron chi connectivity index (χ3n) is 4.98. The van der Waals surface area contributed by atoms with E-state index in [2.05, 4.69) is 30.5 Å². The number of hydrogen-bond donors (Lipinski definition) is 3. The number of hydrogen-bond acceptors (Lipinski definition) is 8. The van der Waals surface area contributed by atoms with Crippen molar-refractivity contribution in [2.24, 2.45) is 0 Å². The molecule has 166 valence electrons. The molecule has 1 aliphatic heterocycles. The van der Waals surface area contributed by atoms with Crippen molar-refractivity contribution in [1.29, 1.82) is 0 Å². The van der Waals surface area contributed by atoms with E-state index in [9.17, 15) is 8.78 Å². The molecule has 3 aromatic rings. The van der Waals surface area contributed by atoms with Crippen molar-refractivity contribution in [3.05, 3.63) is 47.4 Å². The molecule has 4 N–H and O–H groups in total. The van der Waals surface area contributed by atoms with Gasteiger partial charge in [0.25, 0.3) is 0 Å². The smallest absolute Gasteiger partial charge is 0.235 e. The number of nitrogens with one attached hydrogen (secondary N) is 2. The molecule has 9 nitrogen and oxygen atoms in total. The van der Waals surface area contributed by atoms with Crippen LogP contribution in [0.5, 0.6) is 0 Å². The first-order valence-electron chi connectivity index (χ1n) is 9.65. The molecule has 3 aromatic heterocycles. The first-order chi connectivity index (χ1) is 14.4. The molecule has 0 saturated carbocycles. The number of H-pyrrole nitrogens is 1. The Morgan fingerprint density at radius 2 is 1.94 bits per heavy atom. The van der Waals surface area contributed by atoms with E-state index in [1.165, 1.54) is 6.07 Å². The number of aromatic amines is 1. The van der Waals surface area contributed by atoms with Gasteiger partial charge < -0.3 is 16.0 Å². The highest BCUT2D eigenvalue weighted by molar-refractivity contribution is 5.85. The zero-order valence-electron chi connectivity index (χ0n) is 17.1. The Labute approximate surface area is 184 Å². The number of nitrogens with zero attached hydrogens (tertiary/aromatic N) is 6. The molecule has 0 aliphatic carbocycles. The minimum atomic E-state index is -0.647. The molecule has 0 unspecified atom stereocenters.